The molecule has 0 bridgehead atoms. The molecule has 1 amide bonds. The van der Waals surface area contributed by atoms with Crippen LogP contribution in [0.1, 0.15) is 188 Å². The molecule has 0 fully saturated rings. The van der Waals surface area contributed by atoms with Crippen LogP contribution < -0.4 is 45.3 Å². The van der Waals surface area contributed by atoms with Crippen molar-refractivity contribution in [2.24, 2.45) is 5.73 Å². The van der Waals surface area contributed by atoms with Crippen molar-refractivity contribution in [3.8, 4) is 5.69 Å². The Morgan fingerprint density at radius 2 is 0.860 bits per heavy atom. The van der Waals surface area contributed by atoms with Crippen LogP contribution in [0, 0.1) is 17.5 Å². The third-order valence-corrected chi connectivity index (χ3v) is 14.1. The Labute approximate surface area is 798 Å². The number of carboxylic acids is 1. The van der Waals surface area contributed by atoms with Crippen molar-refractivity contribution in [3.63, 3.8) is 0 Å². The maximum Gasteiger partial charge on any atom is 1.00 e. The minimum absolute atomic E-state index is 0. The molecule has 0 unspecified atom stereocenters. The number of halogens is 24. The van der Waals surface area contributed by atoms with Crippen LogP contribution in [0.2, 0.25) is 19.6 Å². The quantitative estimate of drug-likeness (QED) is 0.00628. The number of carbonyl (C=O) groups excluding carboxylic acids is 9. The number of aromatic nitrogens is 8. The van der Waals surface area contributed by atoms with E-state index in [4.69, 9.17) is 27.9 Å². The number of imidazole rings is 1. The van der Waals surface area contributed by atoms with Crippen molar-refractivity contribution in [3.05, 3.63) is 218 Å². The first-order valence-corrected chi connectivity index (χ1v) is 43.9. The number of hydrogen-bond donors (Lipinski definition) is 4. The van der Waals surface area contributed by atoms with Gasteiger partial charge in [-0.3, -0.25) is 28.6 Å². The summed E-state index contributed by atoms with van der Waals surface area (Å²) in [6.45, 7) is 23.6. The molecule has 743 valence electrons. The van der Waals surface area contributed by atoms with Crippen LogP contribution >= 0.6 is 38.9 Å². The summed E-state index contributed by atoms with van der Waals surface area (Å²) >= 11 is 13.8. The number of hydrogen-bond acceptors (Lipinski definition) is 27. The number of carbonyl (C=O) groups is 10. The summed E-state index contributed by atoms with van der Waals surface area (Å²) in [6, 6.07) is 12.7. The summed E-state index contributed by atoms with van der Waals surface area (Å²) < 4.78 is 305. The number of aromatic carboxylic acids is 1. The Balaban J connectivity index is -0.000000353. The molecule has 8 aromatic rings. The molecule has 5 N–H and O–H groups in total. The van der Waals surface area contributed by atoms with Crippen molar-refractivity contribution in [1.82, 2.24) is 39.6 Å². The number of nitrogens with two attached hydrogens (primary N) is 1. The monoisotopic (exact) mass is 2080 g/mol. The minimum atomic E-state index is -4.73. The van der Waals surface area contributed by atoms with Gasteiger partial charge < -0.3 is 55.6 Å². The fourth-order valence-electron chi connectivity index (χ4n) is 8.38. The number of amides is 1. The van der Waals surface area contributed by atoms with Crippen LogP contribution in [0.5, 0.6) is 0 Å². The Morgan fingerprint density at radius 3 is 1.20 bits per heavy atom. The molecular formula is C76H79BCl3F21N12NaO20PSi+. The number of esters is 8. The normalized spacial score (nSPS) is 10.8. The van der Waals surface area contributed by atoms with Gasteiger partial charge in [0.15, 0.2) is 30.8 Å². The standard InChI is InChI=1S/C11H11F3N2O3.C11H9F3N2O2.C10H7F3N2O2.C10H11F3N2O2.C9H9F3NO3.C9H8F3NO2.C7H4F3NO2.C4H9NSi.C4H6O3.CH4.B.Cl3OP.Na.H/c1-2-19-10(18)9-8(11(12,13)14)4-3-7(16-9)5-15-6-17;1-2-18-10(17)9-8(11(12,13)14)4-3-7-5-15-6-16(7)9;1-3-17-9(16)8-6(10(11,12)13)4-5-7(14-2)15-8;1-2-17-9(16)8-7(10(11,12)13)4-3-6(5-14)15-8;1-2-16-8(14)7-6(9(10,11)12)4-3-5-13(7)15;1-2-15-8(14)7-6(9(10,11)12)4-3-5-13-7;8-7(9,10)4-2-1-3-11-5(4)6(12)13;1-6(2,3)4-5;1-3(5)7-4(2)6;;;1-5(2,3)4;;/h3-4,6H,2,5H2,1H3,(H,15,17);3-6H,2H2,1H3;4-5H,3H2,1H3;3-4H,2,5,14H2,1H3;3-5,15H,2H2,1H3;3-5H,2H2,1H3;1-3H,(H,12,13);1-3H3;1-2H3;1H4;;;;/q;;;;+1;;;;;;;;+1;-1. The molecule has 3 radical (unpaired) electrons. The number of ether oxygens (including phenoxy) is 7. The van der Waals surface area contributed by atoms with E-state index in [2.05, 4.69) is 113 Å². The second-order valence-electron chi connectivity index (χ2n) is 24.4. The Morgan fingerprint density at radius 1 is 0.537 bits per heavy atom. The van der Waals surface area contributed by atoms with Crippen molar-refractivity contribution in [2.75, 3.05) is 39.6 Å². The molecule has 60 heteroatoms. The van der Waals surface area contributed by atoms with Gasteiger partial charge in [0.25, 0.3) is 11.5 Å². The van der Waals surface area contributed by atoms with E-state index in [9.17, 15) is 145 Å². The van der Waals surface area contributed by atoms with Gasteiger partial charge >= 0.3 is 137 Å². The Hall–Kier alpha value is -11.9. The summed E-state index contributed by atoms with van der Waals surface area (Å²) in [5.74, 6) is -9.85. The van der Waals surface area contributed by atoms with E-state index in [1.807, 2.05) is 19.6 Å². The number of carboxylic acid groups (broad SMARTS) is 1. The molecule has 0 aromatic carbocycles. The zero-order chi connectivity index (χ0) is 103. The largest absolute Gasteiger partial charge is 1.00 e. The second kappa shape index (κ2) is 61.3. The van der Waals surface area contributed by atoms with Gasteiger partial charge in [0.2, 0.25) is 12.6 Å². The van der Waals surface area contributed by atoms with Crippen LogP contribution in [-0.2, 0) is 108 Å². The topological polar surface area (TPSA) is 445 Å². The van der Waals surface area contributed by atoms with Crippen molar-refractivity contribution >= 4 is 127 Å². The van der Waals surface area contributed by atoms with E-state index in [0.29, 0.717) is 30.1 Å². The second-order valence-corrected chi connectivity index (χ2v) is 35.8. The van der Waals surface area contributed by atoms with Crippen molar-refractivity contribution < 1.29 is 224 Å². The van der Waals surface area contributed by atoms with Gasteiger partial charge in [0.05, 0.1) is 103 Å². The maximum atomic E-state index is 12.8. The predicted molar refractivity (Wildman–Crippen MR) is 435 cm³/mol. The van der Waals surface area contributed by atoms with Crippen LogP contribution in [0.4, 0.5) is 98.0 Å². The van der Waals surface area contributed by atoms with Crippen LogP contribution in [0.3, 0.4) is 0 Å². The van der Waals surface area contributed by atoms with Gasteiger partial charge in [-0.05, 0) is 148 Å². The zero-order valence-corrected chi connectivity index (χ0v) is 77.8. The van der Waals surface area contributed by atoms with Gasteiger partial charge in [-0.1, -0.05) is 39.7 Å². The molecule has 0 saturated heterocycles. The van der Waals surface area contributed by atoms with Crippen molar-refractivity contribution in [1.29, 1.82) is 5.26 Å². The molecule has 8 aromatic heterocycles. The fourth-order valence-corrected chi connectivity index (χ4v) is 8.38. The molecule has 0 aliphatic heterocycles. The smallest absolute Gasteiger partial charge is 1.00 e. The zero-order valence-electron chi connectivity index (χ0n) is 72.6. The summed E-state index contributed by atoms with van der Waals surface area (Å²) in [4.78, 5) is 132. The number of fused-ring (bicyclic) bond motifs is 1. The van der Waals surface area contributed by atoms with Gasteiger partial charge in [-0.15, -0.1) is 4.98 Å². The van der Waals surface area contributed by atoms with Crippen LogP contribution in [0.15, 0.2) is 116 Å². The minimum Gasteiger partial charge on any atom is -1.00 e. The number of nitriles is 1. The summed E-state index contributed by atoms with van der Waals surface area (Å²) in [7, 11) is -1.33. The molecule has 0 spiro atoms. The predicted octanol–water partition coefficient (Wildman–Crippen LogP) is 15.8. The number of pyridine rings is 7. The third-order valence-electron chi connectivity index (χ3n) is 13.4. The first-order chi connectivity index (χ1) is 61.1. The number of nitrogens with one attached hydrogen (secondary N) is 1. The first-order valence-electron chi connectivity index (χ1n) is 36.0. The molecule has 8 rings (SSSR count). The maximum absolute atomic E-state index is 12.8. The average molecular weight is 2080 g/mol. The van der Waals surface area contributed by atoms with E-state index >= 15 is 0 Å². The molecule has 0 aliphatic carbocycles. The van der Waals surface area contributed by atoms with Crippen molar-refractivity contribution in [2.45, 2.75) is 139 Å². The third kappa shape index (κ3) is 50.1. The van der Waals surface area contributed by atoms with E-state index < -0.39 is 189 Å². The summed E-state index contributed by atoms with van der Waals surface area (Å²) in [5.41, 5.74) is -5.47. The number of alkyl halides is 21. The van der Waals surface area contributed by atoms with E-state index in [1.54, 1.807) is 0 Å². The number of rotatable bonds is 17. The fraction of sp³-hybridized carbons (Fsp3) is 0.355. The molecule has 32 nitrogen and oxygen atoms in total. The van der Waals surface area contributed by atoms with Gasteiger partial charge in [0.1, 0.15) is 16.8 Å². The summed E-state index contributed by atoms with van der Waals surface area (Å²) in [6.07, 6.45) is -26.8. The molecule has 0 atom stereocenters. The Kier molecular flexibility index (Phi) is 59.8. The number of nitrogens with zero attached hydrogens (tertiary/aromatic N) is 10. The average Bonchev–Trinajstić information content (AvgIpc) is 1.70. The van der Waals surface area contributed by atoms with Gasteiger partial charge in [0, 0.05) is 57.7 Å². The molecular weight excluding hydrogens is 2000 g/mol. The molecule has 0 aliphatic rings. The van der Waals surface area contributed by atoms with E-state index in [1.165, 1.54) is 67.7 Å². The molecule has 136 heavy (non-hydrogen) atoms. The molecule has 0 saturated carbocycles. The summed E-state index contributed by atoms with van der Waals surface area (Å²) in [5, 5.41) is 24.8. The van der Waals surface area contributed by atoms with E-state index in [0.717, 1.165) is 90.0 Å². The Bertz CT molecular complexity index is 5380. The van der Waals surface area contributed by atoms with Crippen LogP contribution in [-0.4, -0.2) is 161 Å². The van der Waals surface area contributed by atoms with Crippen LogP contribution in [0.25, 0.3) is 10.4 Å². The van der Waals surface area contributed by atoms with Gasteiger partial charge in [-0.25, -0.2) is 63.7 Å². The van der Waals surface area contributed by atoms with E-state index in [-0.39, 0.29) is 121 Å². The van der Waals surface area contributed by atoms with Gasteiger partial charge in [-0.2, -0.15) is 92.2 Å². The molecule has 8 heterocycles. The first kappa shape index (κ1) is 133. The SMILES string of the molecule is C.CC(=O)OC(C)=O.CCOC(=O)c1c(C(F)(F)F)ccc2cncn12.CCOC(=O)c1c(C(F)(F)F)ccc[n+]1O.CCOC(=O)c1nc(CN)ccc1C(F)(F)F.CCOC(=O)c1nc(CNC=O)ccc1C(F)(F)F.CCOC(=O)c1ncccc1C(F)(F)F.C[Si](C)(C)C#N.O=C(O)c1ncccc1C(F)(F)F.O=P(Cl)(Cl)Cl.[B].[C-]#[N+]c1ccc(C(F)(F)F)c(C(=O)OCC)n1.[H-].[Na+].